The maximum absolute atomic E-state index is 5.79. The highest BCUT2D eigenvalue weighted by Gasteiger charge is 2.19. The fraction of sp³-hybridized carbons (Fsp3) is 0.368. The molecule has 1 atom stereocenters. The molecule has 21 heavy (non-hydrogen) atoms. The molecule has 0 spiro atoms. The molecule has 1 unspecified atom stereocenters. The molecule has 0 radical (unpaired) electrons. The summed E-state index contributed by atoms with van der Waals surface area (Å²) in [4.78, 5) is 0. The molecule has 2 aromatic rings. The molecule has 110 valence electrons. The number of hydrogen-bond acceptors (Lipinski definition) is 2. The minimum atomic E-state index is 0.179. The van der Waals surface area contributed by atoms with Gasteiger partial charge in [0.25, 0.3) is 0 Å². The minimum Gasteiger partial charge on any atom is -0.494 e. The summed E-state index contributed by atoms with van der Waals surface area (Å²) in [5, 5.41) is 3.44. The number of benzene rings is 2. The third-order valence-corrected chi connectivity index (χ3v) is 4.27. The van der Waals surface area contributed by atoms with E-state index in [1.807, 2.05) is 20.0 Å². The molecule has 0 amide bonds. The van der Waals surface area contributed by atoms with Crippen molar-refractivity contribution in [3.8, 4) is 5.75 Å². The Morgan fingerprint density at radius 1 is 1.10 bits per heavy atom. The highest BCUT2D eigenvalue weighted by Crippen LogP contribution is 2.32. The predicted molar refractivity (Wildman–Crippen MR) is 87.0 cm³/mol. The highest BCUT2D eigenvalue weighted by atomic mass is 16.5. The molecule has 1 aliphatic rings. The van der Waals surface area contributed by atoms with Gasteiger partial charge in [-0.05, 0) is 56.0 Å². The Hall–Kier alpha value is -1.80. The SMILES string of the molecule is CCOc1ccccc1C(NC)c1ccc2c(c1)CCC2. The number of hydrogen-bond donors (Lipinski definition) is 1. The lowest BCUT2D eigenvalue weighted by Crippen LogP contribution is -2.19. The average Bonchev–Trinajstić information content (AvgIpc) is 2.98. The second-order valence-electron chi connectivity index (χ2n) is 5.57. The van der Waals surface area contributed by atoms with E-state index in [4.69, 9.17) is 4.74 Å². The summed E-state index contributed by atoms with van der Waals surface area (Å²) in [6.07, 6.45) is 3.74. The topological polar surface area (TPSA) is 21.3 Å². The zero-order valence-electron chi connectivity index (χ0n) is 12.9. The van der Waals surface area contributed by atoms with Crippen molar-refractivity contribution in [1.29, 1.82) is 0 Å². The van der Waals surface area contributed by atoms with Gasteiger partial charge in [-0.3, -0.25) is 0 Å². The number of aryl methyl sites for hydroxylation is 2. The van der Waals surface area contributed by atoms with Gasteiger partial charge in [0.2, 0.25) is 0 Å². The highest BCUT2D eigenvalue weighted by molar-refractivity contribution is 5.44. The summed E-state index contributed by atoms with van der Waals surface area (Å²) in [6.45, 7) is 2.72. The van der Waals surface area contributed by atoms with Crippen LogP contribution in [0.15, 0.2) is 42.5 Å². The van der Waals surface area contributed by atoms with Crippen molar-refractivity contribution >= 4 is 0 Å². The summed E-state index contributed by atoms with van der Waals surface area (Å²) in [7, 11) is 2.01. The van der Waals surface area contributed by atoms with Crippen LogP contribution in [0.2, 0.25) is 0 Å². The molecule has 3 rings (SSSR count). The third kappa shape index (κ3) is 2.81. The quantitative estimate of drug-likeness (QED) is 0.898. The van der Waals surface area contributed by atoms with Crippen LogP contribution in [0, 0.1) is 0 Å². The van der Waals surface area contributed by atoms with E-state index in [1.165, 1.54) is 41.5 Å². The molecular weight excluding hydrogens is 258 g/mol. The zero-order valence-corrected chi connectivity index (χ0v) is 12.9. The average molecular weight is 281 g/mol. The Balaban J connectivity index is 1.98. The van der Waals surface area contributed by atoms with Crippen molar-refractivity contribution in [3.05, 3.63) is 64.7 Å². The molecule has 0 aromatic heterocycles. The van der Waals surface area contributed by atoms with Gasteiger partial charge in [-0.15, -0.1) is 0 Å². The fourth-order valence-electron chi connectivity index (χ4n) is 3.28. The van der Waals surface area contributed by atoms with Gasteiger partial charge in [0.05, 0.1) is 12.6 Å². The largest absolute Gasteiger partial charge is 0.494 e. The van der Waals surface area contributed by atoms with Gasteiger partial charge in [0.1, 0.15) is 5.75 Å². The van der Waals surface area contributed by atoms with E-state index in [0.717, 1.165) is 5.75 Å². The molecule has 0 aliphatic heterocycles. The van der Waals surface area contributed by atoms with Crippen molar-refractivity contribution in [1.82, 2.24) is 5.32 Å². The van der Waals surface area contributed by atoms with Gasteiger partial charge in [0, 0.05) is 5.56 Å². The Morgan fingerprint density at radius 2 is 1.90 bits per heavy atom. The molecule has 1 aliphatic carbocycles. The van der Waals surface area contributed by atoms with Gasteiger partial charge in [-0.1, -0.05) is 36.4 Å². The van der Waals surface area contributed by atoms with E-state index in [0.29, 0.717) is 6.61 Å². The second-order valence-corrected chi connectivity index (χ2v) is 5.57. The van der Waals surface area contributed by atoms with E-state index in [1.54, 1.807) is 0 Å². The van der Waals surface area contributed by atoms with Crippen LogP contribution in [0.1, 0.15) is 41.6 Å². The Morgan fingerprint density at radius 3 is 2.71 bits per heavy atom. The first-order valence-electron chi connectivity index (χ1n) is 7.84. The molecule has 2 heteroatoms. The predicted octanol–water partition coefficient (Wildman–Crippen LogP) is 3.88. The first-order valence-corrected chi connectivity index (χ1v) is 7.84. The number of rotatable bonds is 5. The van der Waals surface area contributed by atoms with Crippen LogP contribution in [-0.4, -0.2) is 13.7 Å². The molecule has 2 nitrogen and oxygen atoms in total. The van der Waals surface area contributed by atoms with Gasteiger partial charge in [-0.25, -0.2) is 0 Å². The van der Waals surface area contributed by atoms with Crippen LogP contribution in [0.3, 0.4) is 0 Å². The smallest absolute Gasteiger partial charge is 0.124 e. The van der Waals surface area contributed by atoms with E-state index in [2.05, 4.69) is 41.7 Å². The Labute approximate surface area is 127 Å². The molecular formula is C19H23NO. The van der Waals surface area contributed by atoms with Crippen molar-refractivity contribution < 1.29 is 4.74 Å². The zero-order chi connectivity index (χ0) is 14.7. The summed E-state index contributed by atoms with van der Waals surface area (Å²) in [6, 6.07) is 15.4. The van der Waals surface area contributed by atoms with Gasteiger partial charge in [-0.2, -0.15) is 0 Å². The molecule has 0 bridgehead atoms. The van der Waals surface area contributed by atoms with Crippen LogP contribution < -0.4 is 10.1 Å². The van der Waals surface area contributed by atoms with Crippen LogP contribution in [-0.2, 0) is 12.8 Å². The van der Waals surface area contributed by atoms with Crippen LogP contribution in [0.4, 0.5) is 0 Å². The standard InChI is InChI=1S/C19H23NO/c1-3-21-18-10-5-4-9-17(18)19(20-2)16-12-11-14-7-6-8-15(14)13-16/h4-5,9-13,19-20H,3,6-8H2,1-2H3. The number of para-hydroxylation sites is 1. The van der Waals surface area contributed by atoms with Crippen LogP contribution in [0.5, 0.6) is 5.75 Å². The number of ether oxygens (including phenoxy) is 1. The summed E-state index contributed by atoms with van der Waals surface area (Å²) < 4.78 is 5.79. The minimum absolute atomic E-state index is 0.179. The lowest BCUT2D eigenvalue weighted by molar-refractivity contribution is 0.334. The third-order valence-electron chi connectivity index (χ3n) is 4.27. The summed E-state index contributed by atoms with van der Waals surface area (Å²) in [5.41, 5.74) is 5.57. The first kappa shape index (κ1) is 14.2. The van der Waals surface area contributed by atoms with E-state index in [9.17, 15) is 0 Å². The Kier molecular flexibility index (Phi) is 4.26. The number of fused-ring (bicyclic) bond motifs is 1. The normalized spacial score (nSPS) is 14.8. The van der Waals surface area contributed by atoms with Gasteiger partial charge >= 0.3 is 0 Å². The number of nitrogens with one attached hydrogen (secondary N) is 1. The molecule has 2 aromatic carbocycles. The van der Waals surface area contributed by atoms with E-state index < -0.39 is 0 Å². The molecule has 1 N–H and O–H groups in total. The Bertz CT molecular complexity index is 621. The van der Waals surface area contributed by atoms with Crippen molar-refractivity contribution in [2.24, 2.45) is 0 Å². The maximum atomic E-state index is 5.79. The van der Waals surface area contributed by atoms with E-state index in [-0.39, 0.29) is 6.04 Å². The summed E-state index contributed by atoms with van der Waals surface area (Å²) >= 11 is 0. The lowest BCUT2D eigenvalue weighted by atomic mass is 9.95. The summed E-state index contributed by atoms with van der Waals surface area (Å²) in [5.74, 6) is 0.972. The molecule has 0 fully saturated rings. The van der Waals surface area contributed by atoms with Gasteiger partial charge in [0.15, 0.2) is 0 Å². The molecule has 0 saturated heterocycles. The molecule has 0 saturated carbocycles. The first-order chi connectivity index (χ1) is 10.3. The fourth-order valence-corrected chi connectivity index (χ4v) is 3.28. The van der Waals surface area contributed by atoms with Crippen LogP contribution >= 0.6 is 0 Å². The second kappa shape index (κ2) is 6.31. The van der Waals surface area contributed by atoms with Crippen molar-refractivity contribution in [2.45, 2.75) is 32.2 Å². The van der Waals surface area contributed by atoms with Crippen molar-refractivity contribution in [3.63, 3.8) is 0 Å². The van der Waals surface area contributed by atoms with E-state index >= 15 is 0 Å². The van der Waals surface area contributed by atoms with Crippen LogP contribution in [0.25, 0.3) is 0 Å². The monoisotopic (exact) mass is 281 g/mol. The van der Waals surface area contributed by atoms with Gasteiger partial charge < -0.3 is 10.1 Å². The van der Waals surface area contributed by atoms with Crippen molar-refractivity contribution in [2.75, 3.05) is 13.7 Å². The molecule has 0 heterocycles. The maximum Gasteiger partial charge on any atom is 0.124 e. The lowest BCUT2D eigenvalue weighted by Gasteiger charge is -2.21.